The first-order valence-corrected chi connectivity index (χ1v) is 5.83. The van der Waals surface area contributed by atoms with Crippen LogP contribution in [0.2, 0.25) is 0 Å². The number of rotatable bonds is 6. The van der Waals surface area contributed by atoms with Gasteiger partial charge in [-0.05, 0) is 23.6 Å². The molecule has 1 rings (SSSR count). The molecule has 0 aliphatic carbocycles. The first-order chi connectivity index (χ1) is 8.19. The van der Waals surface area contributed by atoms with Gasteiger partial charge < -0.3 is 9.84 Å². The second-order valence-electron chi connectivity index (χ2n) is 4.17. The quantitative estimate of drug-likeness (QED) is 0.763. The van der Waals surface area contributed by atoms with Crippen molar-refractivity contribution < 1.29 is 9.84 Å². The van der Waals surface area contributed by atoms with Gasteiger partial charge in [0, 0.05) is 5.56 Å². The van der Waals surface area contributed by atoms with Gasteiger partial charge in [0.15, 0.2) is 0 Å². The monoisotopic (exact) mass is 232 g/mol. The molecule has 17 heavy (non-hydrogen) atoms. The number of aliphatic hydroxyl groups is 1. The summed E-state index contributed by atoms with van der Waals surface area (Å²) in [5, 5.41) is 9.30. The highest BCUT2D eigenvalue weighted by Gasteiger charge is 2.05. The molecule has 1 aromatic carbocycles. The average molecular weight is 232 g/mol. The van der Waals surface area contributed by atoms with Crippen LogP contribution in [0.3, 0.4) is 0 Å². The highest BCUT2D eigenvalue weighted by molar-refractivity contribution is 5.60. The Bertz CT molecular complexity index is 392. The van der Waals surface area contributed by atoms with Crippen molar-refractivity contribution >= 4 is 6.08 Å². The first kappa shape index (κ1) is 13.5. The van der Waals surface area contributed by atoms with Gasteiger partial charge in [-0.25, -0.2) is 0 Å². The Balaban J connectivity index is 2.99. The molecule has 0 saturated carbocycles. The van der Waals surface area contributed by atoms with Gasteiger partial charge in [0.05, 0.1) is 6.61 Å². The summed E-state index contributed by atoms with van der Waals surface area (Å²) in [6.45, 7) is 8.32. The summed E-state index contributed by atoms with van der Waals surface area (Å²) >= 11 is 0. The molecule has 0 aromatic heterocycles. The lowest BCUT2D eigenvalue weighted by Crippen LogP contribution is -2.00. The highest BCUT2D eigenvalue weighted by Crippen LogP contribution is 2.23. The van der Waals surface area contributed by atoms with Crippen LogP contribution in [0.15, 0.2) is 42.5 Å². The van der Waals surface area contributed by atoms with E-state index < -0.39 is 0 Å². The van der Waals surface area contributed by atoms with Crippen LogP contribution >= 0.6 is 0 Å². The van der Waals surface area contributed by atoms with Crippen molar-refractivity contribution in [2.75, 3.05) is 13.2 Å². The topological polar surface area (TPSA) is 29.5 Å². The van der Waals surface area contributed by atoms with E-state index in [0.717, 1.165) is 16.9 Å². The zero-order chi connectivity index (χ0) is 12.7. The Kier molecular flexibility index (Phi) is 5.50. The number of hydrogen-bond acceptors (Lipinski definition) is 2. The van der Waals surface area contributed by atoms with Gasteiger partial charge in [-0.1, -0.05) is 44.7 Å². The lowest BCUT2D eigenvalue weighted by Gasteiger charge is -2.11. The molecule has 0 heterocycles. The normalized spacial score (nSPS) is 11.6. The fraction of sp³-hybridized carbons (Fsp3) is 0.333. The average Bonchev–Trinajstić information content (AvgIpc) is 2.34. The molecule has 0 spiro atoms. The number of aliphatic hydroxyl groups excluding tert-OH is 1. The summed E-state index contributed by atoms with van der Waals surface area (Å²) in [7, 11) is 0. The zero-order valence-electron chi connectivity index (χ0n) is 10.5. The largest absolute Gasteiger partial charge is 0.489 e. The van der Waals surface area contributed by atoms with Crippen LogP contribution in [0.25, 0.3) is 6.08 Å². The molecule has 0 fully saturated rings. The summed E-state index contributed by atoms with van der Waals surface area (Å²) in [4.78, 5) is 0. The molecule has 0 amide bonds. The summed E-state index contributed by atoms with van der Waals surface area (Å²) in [6.07, 6.45) is 3.71. The summed E-state index contributed by atoms with van der Waals surface area (Å²) in [5.41, 5.74) is 1.99. The standard InChI is InChI=1S/C15H20O2/c1-4-9-17-15-8-6-5-7-13(15)10-14(11-16)12(2)3/h4-8,10,12,16H,1,9,11H2,2-3H3. The summed E-state index contributed by atoms with van der Waals surface area (Å²) < 4.78 is 5.57. The molecule has 92 valence electrons. The molecule has 1 aromatic rings. The number of ether oxygens (including phenoxy) is 1. The van der Waals surface area contributed by atoms with Crippen molar-refractivity contribution in [2.24, 2.45) is 5.92 Å². The zero-order valence-corrected chi connectivity index (χ0v) is 10.5. The molecule has 0 unspecified atom stereocenters. The fourth-order valence-electron chi connectivity index (χ4n) is 1.47. The van der Waals surface area contributed by atoms with Gasteiger partial charge in [-0.3, -0.25) is 0 Å². The number of para-hydroxylation sites is 1. The second-order valence-corrected chi connectivity index (χ2v) is 4.17. The Hall–Kier alpha value is -1.54. The molecule has 0 bridgehead atoms. The van der Waals surface area contributed by atoms with Crippen LogP contribution in [-0.2, 0) is 0 Å². The molecule has 0 aliphatic heterocycles. The Morgan fingerprint density at radius 1 is 1.41 bits per heavy atom. The maximum Gasteiger partial charge on any atom is 0.126 e. The third kappa shape index (κ3) is 4.08. The van der Waals surface area contributed by atoms with Crippen LogP contribution in [-0.4, -0.2) is 18.3 Å². The van der Waals surface area contributed by atoms with Crippen LogP contribution in [0, 0.1) is 5.92 Å². The van der Waals surface area contributed by atoms with Gasteiger partial charge in [0.25, 0.3) is 0 Å². The maximum atomic E-state index is 9.30. The number of benzene rings is 1. The van der Waals surface area contributed by atoms with Crippen molar-refractivity contribution in [2.45, 2.75) is 13.8 Å². The van der Waals surface area contributed by atoms with E-state index >= 15 is 0 Å². The van der Waals surface area contributed by atoms with E-state index in [9.17, 15) is 5.11 Å². The van der Waals surface area contributed by atoms with Crippen LogP contribution < -0.4 is 4.74 Å². The van der Waals surface area contributed by atoms with E-state index in [0.29, 0.717) is 12.5 Å². The predicted molar refractivity (Wildman–Crippen MR) is 72.0 cm³/mol. The number of hydrogen-bond donors (Lipinski definition) is 1. The van der Waals surface area contributed by atoms with Crippen molar-refractivity contribution in [3.8, 4) is 5.75 Å². The van der Waals surface area contributed by atoms with Crippen molar-refractivity contribution in [1.29, 1.82) is 0 Å². The molecular weight excluding hydrogens is 212 g/mol. The van der Waals surface area contributed by atoms with E-state index in [2.05, 4.69) is 20.4 Å². The third-order valence-corrected chi connectivity index (χ3v) is 2.54. The van der Waals surface area contributed by atoms with Crippen molar-refractivity contribution in [1.82, 2.24) is 0 Å². The molecule has 0 radical (unpaired) electrons. The van der Waals surface area contributed by atoms with Crippen LogP contribution in [0.1, 0.15) is 19.4 Å². The van der Waals surface area contributed by atoms with Crippen molar-refractivity contribution in [3.05, 3.63) is 48.1 Å². The van der Waals surface area contributed by atoms with Crippen molar-refractivity contribution in [3.63, 3.8) is 0 Å². The minimum atomic E-state index is 0.0768. The van der Waals surface area contributed by atoms with Gasteiger partial charge in [0.2, 0.25) is 0 Å². The lowest BCUT2D eigenvalue weighted by molar-refractivity contribution is 0.320. The second kappa shape index (κ2) is 6.92. The molecule has 2 nitrogen and oxygen atoms in total. The molecule has 2 heteroatoms. The van der Waals surface area contributed by atoms with E-state index in [1.54, 1.807) is 6.08 Å². The van der Waals surface area contributed by atoms with Gasteiger partial charge >= 0.3 is 0 Å². The van der Waals surface area contributed by atoms with Gasteiger partial charge in [0.1, 0.15) is 12.4 Å². The van der Waals surface area contributed by atoms with Crippen LogP contribution in [0.5, 0.6) is 5.75 Å². The van der Waals surface area contributed by atoms with Crippen LogP contribution in [0.4, 0.5) is 0 Å². The van der Waals surface area contributed by atoms with E-state index in [1.165, 1.54) is 0 Å². The summed E-state index contributed by atoms with van der Waals surface area (Å²) in [6, 6.07) is 7.80. The molecule has 1 N–H and O–H groups in total. The van der Waals surface area contributed by atoms with E-state index in [1.807, 2.05) is 30.3 Å². The smallest absolute Gasteiger partial charge is 0.126 e. The third-order valence-electron chi connectivity index (χ3n) is 2.54. The van der Waals surface area contributed by atoms with Gasteiger partial charge in [-0.15, -0.1) is 0 Å². The van der Waals surface area contributed by atoms with E-state index in [-0.39, 0.29) is 6.61 Å². The summed E-state index contributed by atoms with van der Waals surface area (Å²) in [5.74, 6) is 1.14. The highest BCUT2D eigenvalue weighted by atomic mass is 16.5. The Morgan fingerprint density at radius 2 is 2.12 bits per heavy atom. The Morgan fingerprint density at radius 3 is 2.71 bits per heavy atom. The minimum Gasteiger partial charge on any atom is -0.489 e. The predicted octanol–water partition coefficient (Wildman–Crippen LogP) is 3.28. The minimum absolute atomic E-state index is 0.0768. The molecule has 0 aliphatic rings. The fourth-order valence-corrected chi connectivity index (χ4v) is 1.47. The first-order valence-electron chi connectivity index (χ1n) is 5.83. The molecular formula is C15H20O2. The van der Waals surface area contributed by atoms with E-state index in [4.69, 9.17) is 4.74 Å². The Labute approximate surface area is 103 Å². The lowest BCUT2D eigenvalue weighted by atomic mass is 10.0. The molecule has 0 saturated heterocycles. The SMILES string of the molecule is C=CCOc1ccccc1C=C(CO)C(C)C. The van der Waals surface area contributed by atoms with Gasteiger partial charge in [-0.2, -0.15) is 0 Å². The molecule has 0 atom stereocenters. The maximum absolute atomic E-state index is 9.30.